The fourth-order valence-electron chi connectivity index (χ4n) is 2.11. The molecule has 0 atom stereocenters. The Morgan fingerprint density at radius 2 is 1.90 bits per heavy atom. The molecule has 5 nitrogen and oxygen atoms in total. The zero-order valence-electron chi connectivity index (χ0n) is 11.5. The summed E-state index contributed by atoms with van der Waals surface area (Å²) in [5, 5.41) is 0. The lowest BCUT2D eigenvalue weighted by atomic mass is 10.3. The van der Waals surface area contributed by atoms with Gasteiger partial charge in [0.2, 0.25) is 5.78 Å². The molecule has 20 heavy (non-hydrogen) atoms. The van der Waals surface area contributed by atoms with Crippen LogP contribution >= 0.6 is 0 Å². The minimum absolute atomic E-state index is 0.408. The van der Waals surface area contributed by atoms with Crippen LogP contribution in [0.4, 0.5) is 5.69 Å². The number of fused-ring (bicyclic) bond motifs is 1. The Labute approximate surface area is 117 Å². The van der Waals surface area contributed by atoms with Crippen LogP contribution in [0.2, 0.25) is 0 Å². The van der Waals surface area contributed by atoms with E-state index in [1.54, 1.807) is 0 Å². The fourth-order valence-corrected chi connectivity index (χ4v) is 2.11. The van der Waals surface area contributed by atoms with Gasteiger partial charge in [-0.2, -0.15) is 0 Å². The summed E-state index contributed by atoms with van der Waals surface area (Å²) in [6.45, 7) is 4.41. The SMILES string of the molecule is Cc1cc(C)n2cc(COc3ccc(N)cc3)nc2n1. The summed E-state index contributed by atoms with van der Waals surface area (Å²) < 4.78 is 7.65. The molecule has 0 spiro atoms. The minimum Gasteiger partial charge on any atom is -0.487 e. The van der Waals surface area contributed by atoms with E-state index in [1.165, 1.54) is 0 Å². The number of nitrogen functional groups attached to an aromatic ring is 1. The molecule has 0 amide bonds. The quantitative estimate of drug-likeness (QED) is 0.741. The van der Waals surface area contributed by atoms with Crippen molar-refractivity contribution in [2.75, 3.05) is 5.73 Å². The van der Waals surface area contributed by atoms with Crippen LogP contribution in [0.1, 0.15) is 17.1 Å². The van der Waals surface area contributed by atoms with Gasteiger partial charge in [-0.05, 0) is 44.2 Å². The molecular formula is C15H16N4O. The van der Waals surface area contributed by atoms with Crippen LogP contribution in [-0.4, -0.2) is 14.4 Å². The van der Waals surface area contributed by atoms with E-state index in [-0.39, 0.29) is 0 Å². The number of imidazole rings is 1. The molecule has 0 saturated heterocycles. The Hall–Kier alpha value is -2.56. The molecule has 3 rings (SSSR count). The Morgan fingerprint density at radius 1 is 1.15 bits per heavy atom. The third kappa shape index (κ3) is 2.42. The maximum Gasteiger partial charge on any atom is 0.234 e. The predicted octanol–water partition coefficient (Wildman–Crippen LogP) is 2.51. The van der Waals surface area contributed by atoms with Gasteiger partial charge in [-0.25, -0.2) is 9.97 Å². The molecule has 0 radical (unpaired) electrons. The Kier molecular flexibility index (Phi) is 3.02. The average molecular weight is 268 g/mol. The molecule has 2 aromatic heterocycles. The van der Waals surface area contributed by atoms with Crippen molar-refractivity contribution in [1.29, 1.82) is 0 Å². The second-order valence-corrected chi connectivity index (χ2v) is 4.80. The summed E-state index contributed by atoms with van der Waals surface area (Å²) >= 11 is 0. The maximum absolute atomic E-state index is 5.69. The van der Waals surface area contributed by atoms with Crippen molar-refractivity contribution in [3.8, 4) is 5.75 Å². The summed E-state index contributed by atoms with van der Waals surface area (Å²) in [6.07, 6.45) is 1.95. The molecule has 0 unspecified atom stereocenters. The highest BCUT2D eigenvalue weighted by Gasteiger charge is 2.06. The zero-order valence-corrected chi connectivity index (χ0v) is 11.5. The highest BCUT2D eigenvalue weighted by Crippen LogP contribution is 2.15. The number of nitrogens with two attached hydrogens (primary N) is 1. The molecular weight excluding hydrogens is 252 g/mol. The molecule has 0 aliphatic rings. The lowest BCUT2D eigenvalue weighted by Gasteiger charge is -2.03. The standard InChI is InChI=1S/C15H16N4O/c1-10-7-11(2)19-8-13(18-15(19)17-10)9-20-14-5-3-12(16)4-6-14/h3-8H,9,16H2,1-2H3. The van der Waals surface area contributed by atoms with E-state index in [0.29, 0.717) is 12.4 Å². The molecule has 0 aliphatic heterocycles. The van der Waals surface area contributed by atoms with Crippen molar-refractivity contribution in [3.63, 3.8) is 0 Å². The smallest absolute Gasteiger partial charge is 0.234 e. The molecule has 1 aromatic carbocycles. The van der Waals surface area contributed by atoms with Crippen molar-refractivity contribution in [2.45, 2.75) is 20.5 Å². The van der Waals surface area contributed by atoms with Crippen LogP contribution in [0, 0.1) is 13.8 Å². The number of ether oxygens (including phenoxy) is 1. The summed E-state index contributed by atoms with van der Waals surface area (Å²) in [5.74, 6) is 1.48. The van der Waals surface area contributed by atoms with Crippen LogP contribution in [0.3, 0.4) is 0 Å². The molecule has 0 bridgehead atoms. The molecule has 2 heterocycles. The number of nitrogens with zero attached hydrogens (tertiary/aromatic N) is 3. The number of benzene rings is 1. The number of hydrogen-bond acceptors (Lipinski definition) is 4. The van der Waals surface area contributed by atoms with Crippen molar-refractivity contribution in [3.05, 3.63) is 53.6 Å². The normalized spacial score (nSPS) is 10.9. The van der Waals surface area contributed by atoms with Gasteiger partial charge in [0.25, 0.3) is 0 Å². The van der Waals surface area contributed by atoms with Gasteiger partial charge in [-0.15, -0.1) is 0 Å². The van der Waals surface area contributed by atoms with Gasteiger partial charge in [0.15, 0.2) is 0 Å². The van der Waals surface area contributed by atoms with E-state index in [9.17, 15) is 0 Å². The fraction of sp³-hybridized carbons (Fsp3) is 0.200. The molecule has 2 N–H and O–H groups in total. The number of aryl methyl sites for hydroxylation is 2. The average Bonchev–Trinajstić information content (AvgIpc) is 2.81. The lowest BCUT2D eigenvalue weighted by molar-refractivity contribution is 0.302. The Balaban J connectivity index is 1.81. The topological polar surface area (TPSA) is 65.4 Å². The predicted molar refractivity (Wildman–Crippen MR) is 77.6 cm³/mol. The van der Waals surface area contributed by atoms with E-state index in [4.69, 9.17) is 10.5 Å². The first-order valence-corrected chi connectivity index (χ1v) is 6.42. The monoisotopic (exact) mass is 268 g/mol. The third-order valence-electron chi connectivity index (χ3n) is 3.08. The second-order valence-electron chi connectivity index (χ2n) is 4.80. The first kappa shape index (κ1) is 12.5. The minimum atomic E-state index is 0.408. The van der Waals surface area contributed by atoms with Crippen molar-refractivity contribution < 1.29 is 4.74 Å². The summed E-state index contributed by atoms with van der Waals surface area (Å²) in [5.41, 5.74) is 9.28. The van der Waals surface area contributed by atoms with E-state index >= 15 is 0 Å². The summed E-state index contributed by atoms with van der Waals surface area (Å²) in [6, 6.07) is 9.35. The zero-order chi connectivity index (χ0) is 14.1. The van der Waals surface area contributed by atoms with Crippen LogP contribution in [0.15, 0.2) is 36.5 Å². The Morgan fingerprint density at radius 3 is 2.65 bits per heavy atom. The first-order chi connectivity index (χ1) is 9.61. The molecule has 0 saturated carbocycles. The van der Waals surface area contributed by atoms with Crippen molar-refractivity contribution in [2.24, 2.45) is 0 Å². The van der Waals surface area contributed by atoms with E-state index in [0.717, 1.165) is 28.5 Å². The van der Waals surface area contributed by atoms with E-state index in [2.05, 4.69) is 9.97 Å². The van der Waals surface area contributed by atoms with E-state index < -0.39 is 0 Å². The van der Waals surface area contributed by atoms with Crippen LogP contribution < -0.4 is 10.5 Å². The van der Waals surface area contributed by atoms with Gasteiger partial charge in [-0.1, -0.05) is 0 Å². The van der Waals surface area contributed by atoms with E-state index in [1.807, 2.05) is 54.8 Å². The van der Waals surface area contributed by atoms with Crippen LogP contribution in [-0.2, 0) is 6.61 Å². The molecule has 3 aromatic rings. The van der Waals surface area contributed by atoms with Gasteiger partial charge in [-0.3, -0.25) is 4.40 Å². The summed E-state index contributed by atoms with van der Waals surface area (Å²) in [7, 11) is 0. The molecule has 102 valence electrons. The van der Waals surface area contributed by atoms with Crippen molar-refractivity contribution in [1.82, 2.24) is 14.4 Å². The first-order valence-electron chi connectivity index (χ1n) is 6.42. The van der Waals surface area contributed by atoms with Gasteiger partial charge in [0.1, 0.15) is 12.4 Å². The Bertz CT molecular complexity index is 746. The van der Waals surface area contributed by atoms with Crippen LogP contribution in [0.5, 0.6) is 5.75 Å². The number of rotatable bonds is 3. The maximum atomic E-state index is 5.69. The summed E-state index contributed by atoms with van der Waals surface area (Å²) in [4.78, 5) is 8.87. The largest absolute Gasteiger partial charge is 0.487 e. The van der Waals surface area contributed by atoms with Crippen molar-refractivity contribution >= 4 is 11.5 Å². The number of anilines is 1. The number of hydrogen-bond donors (Lipinski definition) is 1. The lowest BCUT2D eigenvalue weighted by Crippen LogP contribution is -1.95. The van der Waals surface area contributed by atoms with Gasteiger partial charge < -0.3 is 10.5 Å². The highest BCUT2D eigenvalue weighted by atomic mass is 16.5. The van der Waals surface area contributed by atoms with Crippen LogP contribution in [0.25, 0.3) is 5.78 Å². The van der Waals surface area contributed by atoms with Gasteiger partial charge in [0, 0.05) is 23.3 Å². The third-order valence-corrected chi connectivity index (χ3v) is 3.08. The van der Waals surface area contributed by atoms with Gasteiger partial charge >= 0.3 is 0 Å². The highest BCUT2D eigenvalue weighted by molar-refractivity contribution is 5.41. The molecule has 5 heteroatoms. The van der Waals surface area contributed by atoms with Gasteiger partial charge in [0.05, 0.1) is 5.69 Å². The second kappa shape index (κ2) is 4.85. The number of aromatic nitrogens is 3. The molecule has 0 aliphatic carbocycles. The molecule has 0 fully saturated rings.